The minimum atomic E-state index is -0.144. The molecule has 0 aliphatic rings. The Morgan fingerprint density at radius 2 is 1.95 bits per heavy atom. The van der Waals surface area contributed by atoms with Gasteiger partial charge >= 0.3 is 0 Å². The monoisotopic (exact) mass is 251 g/mol. The highest BCUT2D eigenvalue weighted by Gasteiger charge is 2.07. The summed E-state index contributed by atoms with van der Waals surface area (Å²) < 4.78 is 5.78. The van der Waals surface area contributed by atoms with Gasteiger partial charge in [0.15, 0.2) is 0 Å². The van der Waals surface area contributed by atoms with Crippen LogP contribution in [0.2, 0.25) is 0 Å². The molecule has 0 spiro atoms. The van der Waals surface area contributed by atoms with Crippen LogP contribution < -0.4 is 4.74 Å². The number of hydrogen-bond donors (Lipinski definition) is 0. The molecule has 0 aromatic heterocycles. The Labute approximate surface area is 112 Å². The fraction of sp³-hybridized carbons (Fsp3) is 0.125. The van der Waals surface area contributed by atoms with Crippen molar-refractivity contribution in [2.45, 2.75) is 13.0 Å². The molecule has 2 aromatic carbocycles. The van der Waals surface area contributed by atoms with Crippen LogP contribution in [0, 0.1) is 11.3 Å². The number of carbonyl (C=O) groups excluding carboxylic acids is 1. The Morgan fingerprint density at radius 1 is 1.21 bits per heavy atom. The molecule has 0 radical (unpaired) electrons. The summed E-state index contributed by atoms with van der Waals surface area (Å²) in [4.78, 5) is 10.6. The summed E-state index contributed by atoms with van der Waals surface area (Å²) in [6.07, 6.45) is 0.667. The lowest BCUT2D eigenvalue weighted by atomic mass is 10.1. The number of ether oxygens (including phenoxy) is 1. The van der Waals surface area contributed by atoms with Crippen molar-refractivity contribution >= 4 is 6.29 Å². The van der Waals surface area contributed by atoms with E-state index in [0.717, 1.165) is 11.8 Å². The Hall–Kier alpha value is -2.60. The van der Waals surface area contributed by atoms with Crippen molar-refractivity contribution in [1.29, 1.82) is 5.26 Å². The van der Waals surface area contributed by atoms with Gasteiger partial charge in [-0.1, -0.05) is 30.3 Å². The first-order chi connectivity index (χ1) is 9.22. The van der Waals surface area contributed by atoms with Crippen molar-refractivity contribution in [3.8, 4) is 11.8 Å². The smallest absolute Gasteiger partial charge is 0.150 e. The van der Waals surface area contributed by atoms with Crippen molar-refractivity contribution in [2.24, 2.45) is 0 Å². The topological polar surface area (TPSA) is 50.1 Å². The van der Waals surface area contributed by atoms with Crippen LogP contribution in [-0.2, 0) is 0 Å². The molecule has 1 unspecified atom stereocenters. The summed E-state index contributed by atoms with van der Waals surface area (Å²) in [5, 5.41) is 8.83. The first kappa shape index (κ1) is 12.8. The van der Waals surface area contributed by atoms with Crippen molar-refractivity contribution in [1.82, 2.24) is 0 Å². The third-order valence-electron chi connectivity index (χ3n) is 2.82. The molecule has 1 atom stereocenters. The molecule has 0 aliphatic carbocycles. The third kappa shape index (κ3) is 3.20. The van der Waals surface area contributed by atoms with Crippen LogP contribution in [0.4, 0.5) is 0 Å². The lowest BCUT2D eigenvalue weighted by molar-refractivity contribution is 0.112. The maximum absolute atomic E-state index is 10.6. The largest absolute Gasteiger partial charge is 0.486 e. The molecule has 2 aromatic rings. The van der Waals surface area contributed by atoms with Crippen molar-refractivity contribution in [3.63, 3.8) is 0 Å². The number of benzene rings is 2. The van der Waals surface area contributed by atoms with E-state index in [-0.39, 0.29) is 6.10 Å². The zero-order valence-electron chi connectivity index (χ0n) is 10.5. The van der Waals surface area contributed by atoms with Crippen LogP contribution in [0.5, 0.6) is 5.75 Å². The van der Waals surface area contributed by atoms with Gasteiger partial charge in [-0.25, -0.2) is 0 Å². The molecule has 0 bridgehead atoms. The molecule has 19 heavy (non-hydrogen) atoms. The van der Waals surface area contributed by atoms with E-state index >= 15 is 0 Å². The van der Waals surface area contributed by atoms with Gasteiger partial charge in [0.25, 0.3) is 0 Å². The molecule has 3 nitrogen and oxygen atoms in total. The molecule has 0 saturated carbocycles. The molecule has 3 heteroatoms. The Morgan fingerprint density at radius 3 is 2.58 bits per heavy atom. The molecular weight excluding hydrogens is 238 g/mol. The Kier molecular flexibility index (Phi) is 3.94. The molecule has 0 fully saturated rings. The molecule has 0 N–H and O–H groups in total. The highest BCUT2D eigenvalue weighted by atomic mass is 16.5. The van der Waals surface area contributed by atoms with E-state index < -0.39 is 0 Å². The summed E-state index contributed by atoms with van der Waals surface area (Å²) in [5.41, 5.74) is 2.19. The van der Waals surface area contributed by atoms with Crippen LogP contribution in [0.15, 0.2) is 48.5 Å². The van der Waals surface area contributed by atoms with E-state index in [0.29, 0.717) is 16.9 Å². The van der Waals surface area contributed by atoms with E-state index in [4.69, 9.17) is 10.00 Å². The third-order valence-corrected chi connectivity index (χ3v) is 2.82. The maximum Gasteiger partial charge on any atom is 0.150 e. The minimum Gasteiger partial charge on any atom is -0.486 e. The van der Waals surface area contributed by atoms with Gasteiger partial charge in [0.1, 0.15) is 18.1 Å². The highest BCUT2D eigenvalue weighted by Crippen LogP contribution is 2.22. The van der Waals surface area contributed by atoms with Gasteiger partial charge in [-0.15, -0.1) is 0 Å². The SMILES string of the molecule is CC(Oc1cccc(C#N)c1)c1ccc(C=O)cc1. The average molecular weight is 251 g/mol. The normalized spacial score (nSPS) is 11.4. The predicted octanol–water partition coefficient (Wildman–Crippen LogP) is 3.51. The average Bonchev–Trinajstić information content (AvgIpc) is 2.47. The first-order valence-electron chi connectivity index (χ1n) is 5.95. The fourth-order valence-electron chi connectivity index (χ4n) is 1.76. The van der Waals surface area contributed by atoms with Gasteiger partial charge in [0.05, 0.1) is 11.6 Å². The second kappa shape index (κ2) is 5.83. The van der Waals surface area contributed by atoms with Crippen LogP contribution in [0.25, 0.3) is 0 Å². The molecule has 0 amide bonds. The van der Waals surface area contributed by atoms with E-state index in [1.165, 1.54) is 0 Å². The van der Waals surface area contributed by atoms with E-state index in [1.54, 1.807) is 30.3 Å². The quantitative estimate of drug-likeness (QED) is 0.781. The molecule has 2 rings (SSSR count). The number of aldehydes is 1. The lowest BCUT2D eigenvalue weighted by Crippen LogP contribution is -2.03. The Balaban J connectivity index is 2.13. The van der Waals surface area contributed by atoms with E-state index in [1.807, 2.05) is 25.1 Å². The first-order valence-corrected chi connectivity index (χ1v) is 5.95. The van der Waals surface area contributed by atoms with Crippen LogP contribution >= 0.6 is 0 Å². The number of rotatable bonds is 4. The van der Waals surface area contributed by atoms with Crippen molar-refractivity contribution in [2.75, 3.05) is 0 Å². The molecule has 0 saturated heterocycles. The van der Waals surface area contributed by atoms with Crippen LogP contribution in [0.3, 0.4) is 0 Å². The lowest BCUT2D eigenvalue weighted by Gasteiger charge is -2.15. The van der Waals surface area contributed by atoms with Gasteiger partial charge in [0.2, 0.25) is 0 Å². The van der Waals surface area contributed by atoms with E-state index in [2.05, 4.69) is 6.07 Å². The summed E-state index contributed by atoms with van der Waals surface area (Å²) in [7, 11) is 0. The predicted molar refractivity (Wildman–Crippen MR) is 72.0 cm³/mol. The van der Waals surface area contributed by atoms with Crippen LogP contribution in [0.1, 0.15) is 34.5 Å². The Bertz CT molecular complexity index is 611. The molecule has 0 heterocycles. The molecular formula is C16H13NO2. The number of nitrogens with zero attached hydrogens (tertiary/aromatic N) is 1. The van der Waals surface area contributed by atoms with Gasteiger partial charge in [-0.3, -0.25) is 4.79 Å². The second-order valence-corrected chi connectivity index (χ2v) is 4.18. The number of hydrogen-bond acceptors (Lipinski definition) is 3. The van der Waals surface area contributed by atoms with Crippen molar-refractivity contribution < 1.29 is 9.53 Å². The highest BCUT2D eigenvalue weighted by molar-refractivity contribution is 5.74. The zero-order chi connectivity index (χ0) is 13.7. The summed E-state index contributed by atoms with van der Waals surface area (Å²) in [6, 6.07) is 16.4. The summed E-state index contributed by atoms with van der Waals surface area (Å²) in [6.45, 7) is 1.93. The van der Waals surface area contributed by atoms with Gasteiger partial charge in [-0.05, 0) is 30.7 Å². The number of carbonyl (C=O) groups is 1. The van der Waals surface area contributed by atoms with E-state index in [9.17, 15) is 4.79 Å². The van der Waals surface area contributed by atoms with Gasteiger partial charge in [-0.2, -0.15) is 5.26 Å². The fourth-order valence-corrected chi connectivity index (χ4v) is 1.76. The minimum absolute atomic E-state index is 0.144. The van der Waals surface area contributed by atoms with Gasteiger partial charge in [0, 0.05) is 5.56 Å². The maximum atomic E-state index is 10.6. The van der Waals surface area contributed by atoms with Crippen molar-refractivity contribution in [3.05, 3.63) is 65.2 Å². The summed E-state index contributed by atoms with van der Waals surface area (Å²) in [5.74, 6) is 0.658. The number of nitriles is 1. The van der Waals surface area contributed by atoms with Crippen LogP contribution in [-0.4, -0.2) is 6.29 Å². The zero-order valence-corrected chi connectivity index (χ0v) is 10.5. The molecule has 0 aliphatic heterocycles. The standard InChI is InChI=1S/C16H13NO2/c1-12(15-7-5-13(11-18)6-8-15)19-16-4-2-3-14(9-16)10-17/h2-9,11-12H,1H3. The van der Waals surface area contributed by atoms with Gasteiger partial charge < -0.3 is 4.74 Å². The second-order valence-electron chi connectivity index (χ2n) is 4.18. The molecule has 94 valence electrons. The summed E-state index contributed by atoms with van der Waals surface area (Å²) >= 11 is 0.